The Kier molecular flexibility index (Phi) is 9.96. The smallest absolute Gasteiger partial charge is 0.421 e. The Morgan fingerprint density at radius 2 is 1.69 bits per heavy atom. The van der Waals surface area contributed by atoms with Crippen LogP contribution in [-0.4, -0.2) is 41.1 Å². The van der Waals surface area contributed by atoms with Crippen LogP contribution in [0.2, 0.25) is 19.6 Å². The normalized spacial score (nSPS) is 39.0. The third-order valence-corrected chi connectivity index (χ3v) is 16.6. The summed E-state index contributed by atoms with van der Waals surface area (Å²) in [5, 5.41) is 0. The van der Waals surface area contributed by atoms with Gasteiger partial charge in [-0.05, 0) is 167 Å². The minimum atomic E-state index is -4.07. The standard InChI is InChI=1S/C40H65NO6SSi/c1-11-29-33-22-25(2)16-20-40(33,7)32-18-21-39(6)30(13-14-31(39)35(32)36(29)47-49(8,9)10)26(3)24-45-37(42)41-48(43,44)28-12-15-34-27(23-28)17-19-38(4,5)46-34/h12,15,23,25-26,29-33,35-36H,11,13-14,16-22,24H2,1-10H3,(H,41,42)/t25-,26-,29-,30-,31+,32+,33+,35+,36-,39-,40-/m1/s1. The number of carbonyl (C=O) groups excluding carboxylic acids is 1. The molecule has 276 valence electrons. The molecule has 0 bridgehead atoms. The molecular formula is C40H65NO6SSi. The van der Waals surface area contributed by atoms with E-state index in [1.807, 2.05) is 13.8 Å². The van der Waals surface area contributed by atoms with Crippen molar-refractivity contribution in [2.24, 2.45) is 58.2 Å². The monoisotopic (exact) mass is 715 g/mol. The molecule has 0 spiro atoms. The van der Waals surface area contributed by atoms with Crippen molar-refractivity contribution in [1.29, 1.82) is 0 Å². The van der Waals surface area contributed by atoms with Crippen molar-refractivity contribution in [1.82, 2.24) is 4.72 Å². The van der Waals surface area contributed by atoms with Crippen LogP contribution in [0, 0.1) is 58.2 Å². The lowest BCUT2D eigenvalue weighted by Gasteiger charge is -2.66. The van der Waals surface area contributed by atoms with Gasteiger partial charge >= 0.3 is 6.09 Å². The van der Waals surface area contributed by atoms with Crippen molar-refractivity contribution in [3.63, 3.8) is 0 Å². The molecule has 7 nitrogen and oxygen atoms in total. The van der Waals surface area contributed by atoms with Crippen molar-refractivity contribution in [3.05, 3.63) is 23.8 Å². The Morgan fingerprint density at radius 1 is 1.00 bits per heavy atom. The van der Waals surface area contributed by atoms with Gasteiger partial charge in [0, 0.05) is 0 Å². The first kappa shape index (κ1) is 37.2. The molecule has 9 heteroatoms. The van der Waals surface area contributed by atoms with Gasteiger partial charge in [-0.2, -0.15) is 0 Å². The van der Waals surface area contributed by atoms with Crippen LogP contribution in [0.4, 0.5) is 4.79 Å². The van der Waals surface area contributed by atoms with E-state index in [0.717, 1.165) is 36.7 Å². The molecule has 1 aromatic carbocycles. The number of ether oxygens (including phenoxy) is 2. The fraction of sp³-hybridized carbons (Fsp3) is 0.825. The first-order chi connectivity index (χ1) is 22.8. The second-order valence-corrected chi connectivity index (χ2v) is 25.2. The molecular weight excluding hydrogens is 651 g/mol. The van der Waals surface area contributed by atoms with Gasteiger partial charge in [-0.25, -0.2) is 17.9 Å². The quantitative estimate of drug-likeness (QED) is 0.270. The summed E-state index contributed by atoms with van der Waals surface area (Å²) in [6, 6.07) is 4.80. The fourth-order valence-corrected chi connectivity index (χ4v) is 14.1. The third kappa shape index (κ3) is 7.00. The number of nitrogens with one attached hydrogen (secondary N) is 1. The van der Waals surface area contributed by atoms with E-state index in [1.165, 1.54) is 51.0 Å². The Hall–Kier alpha value is -1.58. The molecule has 0 aromatic heterocycles. The average Bonchev–Trinajstić information content (AvgIpc) is 3.36. The number of sulfonamides is 1. The summed E-state index contributed by atoms with van der Waals surface area (Å²) in [5.74, 6) is 5.27. The lowest BCUT2D eigenvalue weighted by Crippen LogP contribution is -2.63. The van der Waals surface area contributed by atoms with E-state index in [1.54, 1.807) is 12.1 Å². The summed E-state index contributed by atoms with van der Waals surface area (Å²) in [6.45, 7) is 23.6. The van der Waals surface area contributed by atoms with Gasteiger partial charge in [0.25, 0.3) is 10.0 Å². The van der Waals surface area contributed by atoms with E-state index in [9.17, 15) is 13.2 Å². The molecule has 1 heterocycles. The van der Waals surface area contributed by atoms with E-state index in [-0.39, 0.29) is 28.4 Å². The molecule has 0 unspecified atom stereocenters. The molecule has 6 rings (SSSR count). The lowest BCUT2D eigenvalue weighted by atomic mass is 9.41. The Labute approximate surface area is 298 Å². The molecule has 4 fully saturated rings. The number of rotatable bonds is 8. The maximum Gasteiger partial charge on any atom is 0.421 e. The molecule has 4 saturated carbocycles. The predicted octanol–water partition coefficient (Wildman–Crippen LogP) is 9.60. The molecule has 0 saturated heterocycles. The van der Waals surface area contributed by atoms with Crippen molar-refractivity contribution in [3.8, 4) is 5.75 Å². The zero-order valence-corrected chi connectivity index (χ0v) is 33.9. The Morgan fingerprint density at radius 3 is 2.39 bits per heavy atom. The van der Waals surface area contributed by atoms with E-state index in [0.29, 0.717) is 46.9 Å². The largest absolute Gasteiger partial charge is 0.488 e. The Bertz CT molecular complexity index is 1510. The molecule has 0 radical (unpaired) electrons. The van der Waals surface area contributed by atoms with E-state index in [2.05, 4.69) is 59.0 Å². The summed E-state index contributed by atoms with van der Waals surface area (Å²) in [7, 11) is -5.86. The molecule has 1 aliphatic heterocycles. The van der Waals surface area contributed by atoms with Gasteiger partial charge in [0.1, 0.15) is 11.4 Å². The number of amides is 1. The number of hydrogen-bond donors (Lipinski definition) is 1. The fourth-order valence-electron chi connectivity index (χ4n) is 12.0. The number of aryl methyl sites for hydroxylation is 1. The maximum absolute atomic E-state index is 13.2. The molecule has 49 heavy (non-hydrogen) atoms. The maximum atomic E-state index is 13.2. The van der Waals surface area contributed by atoms with Crippen LogP contribution in [-0.2, 0) is 25.6 Å². The minimum Gasteiger partial charge on any atom is -0.488 e. The first-order valence-electron chi connectivity index (χ1n) is 19.5. The van der Waals surface area contributed by atoms with Crippen LogP contribution in [0.25, 0.3) is 0 Å². The zero-order valence-electron chi connectivity index (χ0n) is 32.1. The van der Waals surface area contributed by atoms with E-state index >= 15 is 0 Å². The van der Waals surface area contributed by atoms with Crippen LogP contribution < -0.4 is 9.46 Å². The molecule has 1 N–H and O–H groups in total. The summed E-state index contributed by atoms with van der Waals surface area (Å²) in [5.41, 5.74) is 1.09. The molecule has 1 aromatic rings. The van der Waals surface area contributed by atoms with Crippen molar-refractivity contribution in [2.45, 2.75) is 149 Å². The van der Waals surface area contributed by atoms with Crippen molar-refractivity contribution in [2.75, 3.05) is 6.61 Å². The third-order valence-electron chi connectivity index (χ3n) is 14.3. The van der Waals surface area contributed by atoms with Crippen LogP contribution in [0.3, 0.4) is 0 Å². The van der Waals surface area contributed by atoms with Crippen LogP contribution in [0.15, 0.2) is 23.1 Å². The number of benzene rings is 1. The summed E-state index contributed by atoms with van der Waals surface area (Å²) < 4.78 is 47.6. The number of carbonyl (C=O) groups is 1. The van der Waals surface area contributed by atoms with Gasteiger partial charge in [-0.3, -0.25) is 0 Å². The average molecular weight is 716 g/mol. The van der Waals surface area contributed by atoms with Gasteiger partial charge in [0.05, 0.1) is 17.6 Å². The molecule has 1 amide bonds. The SMILES string of the molecule is CC[C@H]1[C@@H](O[Si](C)(C)C)[C@@H]2[C@H](CC[C@]3(C)[C@@H]([C@H](C)COC(=O)NS(=O)(=O)c4ccc5c(c4)CCC(C)(C)O5)CC[C@@H]23)[C@@]2(C)CC[C@@H](C)C[C@@H]12. The van der Waals surface area contributed by atoms with Gasteiger partial charge in [0.2, 0.25) is 0 Å². The van der Waals surface area contributed by atoms with E-state index < -0.39 is 24.4 Å². The number of hydrogen-bond acceptors (Lipinski definition) is 6. The second kappa shape index (κ2) is 13.1. The predicted molar refractivity (Wildman–Crippen MR) is 197 cm³/mol. The summed E-state index contributed by atoms with van der Waals surface area (Å²) in [4.78, 5) is 13.0. The highest BCUT2D eigenvalue weighted by atomic mass is 32.2. The molecule has 5 aliphatic rings. The van der Waals surface area contributed by atoms with Crippen LogP contribution >= 0.6 is 0 Å². The van der Waals surface area contributed by atoms with Crippen LogP contribution in [0.5, 0.6) is 5.75 Å². The minimum absolute atomic E-state index is 0.0544. The highest BCUT2D eigenvalue weighted by molar-refractivity contribution is 7.90. The highest BCUT2D eigenvalue weighted by Crippen LogP contribution is 2.70. The second-order valence-electron chi connectivity index (χ2n) is 19.1. The summed E-state index contributed by atoms with van der Waals surface area (Å²) in [6.07, 6.45) is 11.0. The molecule has 4 aliphatic carbocycles. The van der Waals surface area contributed by atoms with E-state index in [4.69, 9.17) is 13.9 Å². The molecule has 11 atom stereocenters. The topological polar surface area (TPSA) is 90.9 Å². The van der Waals surface area contributed by atoms with Crippen LogP contribution in [0.1, 0.15) is 112 Å². The Balaban J connectivity index is 1.15. The van der Waals surface area contributed by atoms with Gasteiger partial charge < -0.3 is 13.9 Å². The van der Waals surface area contributed by atoms with Gasteiger partial charge in [-0.1, -0.05) is 47.5 Å². The van der Waals surface area contributed by atoms with Crippen molar-refractivity contribution < 1.29 is 27.1 Å². The summed E-state index contributed by atoms with van der Waals surface area (Å²) >= 11 is 0. The van der Waals surface area contributed by atoms with Crippen molar-refractivity contribution >= 4 is 24.4 Å². The highest BCUT2D eigenvalue weighted by Gasteiger charge is 2.65. The zero-order chi connectivity index (χ0) is 35.7. The van der Waals surface area contributed by atoms with Gasteiger partial charge in [0.15, 0.2) is 8.32 Å². The lowest BCUT2D eigenvalue weighted by molar-refractivity contribution is -0.193. The van der Waals surface area contributed by atoms with Gasteiger partial charge in [-0.15, -0.1) is 0 Å². The first-order valence-corrected chi connectivity index (χ1v) is 24.4. The number of fused-ring (bicyclic) bond motifs is 6.